The molecule has 1 aliphatic heterocycles. The third-order valence-corrected chi connectivity index (χ3v) is 3.69. The van der Waals surface area contributed by atoms with E-state index < -0.39 is 0 Å². The lowest BCUT2D eigenvalue weighted by atomic mass is 10.0. The molecule has 1 atom stereocenters. The van der Waals surface area contributed by atoms with Crippen LogP contribution in [0.1, 0.15) is 26.2 Å². The van der Waals surface area contributed by atoms with E-state index in [1.165, 1.54) is 12.8 Å². The van der Waals surface area contributed by atoms with Crippen molar-refractivity contribution < 1.29 is 4.74 Å². The maximum absolute atomic E-state index is 5.65. The Balaban J connectivity index is 1.87. The van der Waals surface area contributed by atoms with Crippen LogP contribution in [0, 0.1) is 5.41 Å². The molecule has 0 amide bonds. The molecule has 2 fully saturated rings. The molecule has 1 saturated carbocycles. The molecule has 0 radical (unpaired) electrons. The highest BCUT2D eigenvalue weighted by Gasteiger charge is 2.44. The van der Waals surface area contributed by atoms with Crippen LogP contribution in [0.3, 0.4) is 0 Å². The van der Waals surface area contributed by atoms with E-state index in [4.69, 9.17) is 22.7 Å². The van der Waals surface area contributed by atoms with Crippen molar-refractivity contribution in [2.24, 2.45) is 11.1 Å². The van der Waals surface area contributed by atoms with Gasteiger partial charge in [-0.3, -0.25) is 4.90 Å². The van der Waals surface area contributed by atoms with Gasteiger partial charge in [-0.05, 0) is 25.2 Å². The maximum atomic E-state index is 5.65. The molecule has 1 unspecified atom stereocenters. The summed E-state index contributed by atoms with van der Waals surface area (Å²) in [4.78, 5) is 3.20. The Hall–Kier alpha value is -0.190. The van der Waals surface area contributed by atoms with E-state index in [1.54, 1.807) is 0 Å². The summed E-state index contributed by atoms with van der Waals surface area (Å²) >= 11 is 5.02. The Morgan fingerprint density at radius 2 is 2.33 bits per heavy atom. The summed E-state index contributed by atoms with van der Waals surface area (Å²) < 4.78 is 5.44. The van der Waals surface area contributed by atoms with Gasteiger partial charge in [0.15, 0.2) is 0 Å². The van der Waals surface area contributed by atoms with Gasteiger partial charge in [-0.15, -0.1) is 0 Å². The summed E-state index contributed by atoms with van der Waals surface area (Å²) in [6, 6.07) is 0.544. The summed E-state index contributed by atoms with van der Waals surface area (Å²) in [7, 11) is 0. The van der Waals surface area contributed by atoms with E-state index in [2.05, 4.69) is 11.8 Å². The van der Waals surface area contributed by atoms with Crippen LogP contribution in [0.4, 0.5) is 0 Å². The predicted molar refractivity (Wildman–Crippen MR) is 64.9 cm³/mol. The van der Waals surface area contributed by atoms with Crippen molar-refractivity contribution in [3.8, 4) is 0 Å². The zero-order valence-electron chi connectivity index (χ0n) is 9.37. The zero-order valence-corrected chi connectivity index (χ0v) is 10.2. The lowest BCUT2D eigenvalue weighted by Gasteiger charge is -2.36. The van der Waals surface area contributed by atoms with Crippen LogP contribution >= 0.6 is 12.2 Å². The maximum Gasteiger partial charge on any atom is 0.0733 e. The van der Waals surface area contributed by atoms with Crippen LogP contribution in [0.15, 0.2) is 0 Å². The highest BCUT2D eigenvalue weighted by atomic mass is 32.1. The van der Waals surface area contributed by atoms with Gasteiger partial charge in [0.2, 0.25) is 0 Å². The lowest BCUT2D eigenvalue weighted by Crippen LogP contribution is -2.46. The quantitative estimate of drug-likeness (QED) is 0.733. The summed E-state index contributed by atoms with van der Waals surface area (Å²) in [5, 5.41) is 0. The molecular formula is C11H20N2OS. The molecule has 0 spiro atoms. The molecule has 0 aromatic heterocycles. The SMILES string of the molecule is CC1COCCN1CC1(CC(N)=S)CC1. The molecule has 2 rings (SSSR count). The highest BCUT2D eigenvalue weighted by molar-refractivity contribution is 7.80. The number of rotatable bonds is 4. The third-order valence-electron chi connectivity index (χ3n) is 3.55. The second kappa shape index (κ2) is 4.36. The normalized spacial score (nSPS) is 30.1. The van der Waals surface area contributed by atoms with Crippen molar-refractivity contribution >= 4 is 17.2 Å². The van der Waals surface area contributed by atoms with Crippen molar-refractivity contribution in [2.45, 2.75) is 32.2 Å². The predicted octanol–water partition coefficient (Wildman–Crippen LogP) is 1.16. The second-order valence-electron chi connectivity index (χ2n) is 5.04. The number of nitrogens with zero attached hydrogens (tertiary/aromatic N) is 1. The van der Waals surface area contributed by atoms with Gasteiger partial charge in [0.1, 0.15) is 0 Å². The monoisotopic (exact) mass is 228 g/mol. The lowest BCUT2D eigenvalue weighted by molar-refractivity contribution is -0.00892. The van der Waals surface area contributed by atoms with Gasteiger partial charge < -0.3 is 10.5 Å². The summed E-state index contributed by atoms with van der Waals surface area (Å²) in [5.41, 5.74) is 6.06. The number of hydrogen-bond acceptors (Lipinski definition) is 3. The van der Waals surface area contributed by atoms with Crippen molar-refractivity contribution in [3.63, 3.8) is 0 Å². The van der Waals surface area contributed by atoms with Crippen LogP contribution in [0.25, 0.3) is 0 Å². The molecule has 0 aromatic carbocycles. The molecule has 3 nitrogen and oxygen atoms in total. The molecule has 0 aromatic rings. The second-order valence-corrected chi connectivity index (χ2v) is 5.56. The first-order valence-corrected chi connectivity index (χ1v) is 6.12. The first kappa shape index (κ1) is 11.3. The van der Waals surface area contributed by atoms with Crippen LogP contribution in [-0.2, 0) is 4.74 Å². The van der Waals surface area contributed by atoms with Gasteiger partial charge >= 0.3 is 0 Å². The van der Waals surface area contributed by atoms with Gasteiger partial charge in [0.25, 0.3) is 0 Å². The average Bonchev–Trinajstić information content (AvgIpc) is 2.88. The summed E-state index contributed by atoms with van der Waals surface area (Å²) in [6.45, 7) is 6.17. The van der Waals surface area contributed by atoms with Crippen molar-refractivity contribution in [3.05, 3.63) is 0 Å². The summed E-state index contributed by atoms with van der Waals surface area (Å²) in [6.07, 6.45) is 3.50. The van der Waals surface area contributed by atoms with Crippen LogP contribution in [-0.4, -0.2) is 42.2 Å². The number of morpholine rings is 1. The van der Waals surface area contributed by atoms with E-state index in [0.717, 1.165) is 32.7 Å². The van der Waals surface area contributed by atoms with E-state index in [-0.39, 0.29) is 0 Å². The molecule has 1 saturated heterocycles. The third kappa shape index (κ3) is 2.89. The van der Waals surface area contributed by atoms with E-state index in [0.29, 0.717) is 16.4 Å². The summed E-state index contributed by atoms with van der Waals surface area (Å²) in [5.74, 6) is 0. The number of nitrogens with two attached hydrogens (primary N) is 1. The van der Waals surface area contributed by atoms with Gasteiger partial charge in [-0.25, -0.2) is 0 Å². The molecule has 2 N–H and O–H groups in total. The fraction of sp³-hybridized carbons (Fsp3) is 0.909. The van der Waals surface area contributed by atoms with E-state index >= 15 is 0 Å². The zero-order chi connectivity index (χ0) is 10.9. The Morgan fingerprint density at radius 1 is 1.60 bits per heavy atom. The minimum atomic E-state index is 0.414. The van der Waals surface area contributed by atoms with Gasteiger partial charge in [-0.1, -0.05) is 12.2 Å². The number of ether oxygens (including phenoxy) is 1. The Morgan fingerprint density at radius 3 is 2.87 bits per heavy atom. The Labute approximate surface area is 96.9 Å². The minimum Gasteiger partial charge on any atom is -0.393 e. The van der Waals surface area contributed by atoms with Gasteiger partial charge in [-0.2, -0.15) is 0 Å². The van der Waals surface area contributed by atoms with Gasteiger partial charge in [0.05, 0.1) is 18.2 Å². The first-order chi connectivity index (χ1) is 7.11. The number of thiocarbonyl (C=S) groups is 1. The standard InChI is InChI=1S/C11H20N2OS/c1-9-7-14-5-4-13(9)8-11(2-3-11)6-10(12)15/h9H,2-8H2,1H3,(H2,12,15). The van der Waals surface area contributed by atoms with Crippen molar-refractivity contribution in [1.82, 2.24) is 4.90 Å². The topological polar surface area (TPSA) is 38.5 Å². The molecule has 0 bridgehead atoms. The Kier molecular flexibility index (Phi) is 3.28. The van der Waals surface area contributed by atoms with Crippen molar-refractivity contribution in [2.75, 3.05) is 26.3 Å². The smallest absolute Gasteiger partial charge is 0.0733 e. The fourth-order valence-electron chi connectivity index (χ4n) is 2.36. The molecule has 2 aliphatic rings. The van der Waals surface area contributed by atoms with Crippen LogP contribution in [0.5, 0.6) is 0 Å². The van der Waals surface area contributed by atoms with Crippen LogP contribution < -0.4 is 5.73 Å². The average molecular weight is 228 g/mol. The molecular weight excluding hydrogens is 208 g/mol. The van der Waals surface area contributed by atoms with Crippen molar-refractivity contribution in [1.29, 1.82) is 0 Å². The number of hydrogen-bond donors (Lipinski definition) is 1. The van der Waals surface area contributed by atoms with Crippen LogP contribution in [0.2, 0.25) is 0 Å². The highest BCUT2D eigenvalue weighted by Crippen LogP contribution is 2.49. The molecule has 4 heteroatoms. The van der Waals surface area contributed by atoms with Gasteiger partial charge in [0, 0.05) is 25.6 Å². The molecule has 1 aliphatic carbocycles. The molecule has 15 heavy (non-hydrogen) atoms. The fourth-order valence-corrected chi connectivity index (χ4v) is 2.67. The molecule has 1 heterocycles. The molecule has 86 valence electrons. The van der Waals surface area contributed by atoms with E-state index in [1.807, 2.05) is 0 Å². The minimum absolute atomic E-state index is 0.414. The first-order valence-electron chi connectivity index (χ1n) is 5.71. The van der Waals surface area contributed by atoms with E-state index in [9.17, 15) is 0 Å². The largest absolute Gasteiger partial charge is 0.393 e. The Bertz CT molecular complexity index is 253.